The molecule has 7 nitrogen and oxygen atoms in total. The summed E-state index contributed by atoms with van der Waals surface area (Å²) < 4.78 is 6.55. The SMILES string of the molecule is CCOC(=O)Cc1ccc(Cc2nc3c(c(C(C)C)nn3-c3c(Cl)cccc3Cl)c(=O)[nH]2)cc1. The van der Waals surface area contributed by atoms with E-state index in [2.05, 4.69) is 10.1 Å². The highest BCUT2D eigenvalue weighted by Crippen LogP contribution is 2.32. The van der Waals surface area contributed by atoms with E-state index in [0.29, 0.717) is 51.3 Å². The molecule has 34 heavy (non-hydrogen) atoms. The van der Waals surface area contributed by atoms with Gasteiger partial charge in [-0.25, -0.2) is 9.67 Å². The number of nitrogens with zero attached hydrogens (tertiary/aromatic N) is 3. The average Bonchev–Trinajstić information content (AvgIpc) is 3.15. The monoisotopic (exact) mass is 498 g/mol. The van der Waals surface area contributed by atoms with Gasteiger partial charge in [0.25, 0.3) is 5.56 Å². The normalized spacial score (nSPS) is 11.4. The molecule has 1 N–H and O–H groups in total. The second-order valence-electron chi connectivity index (χ2n) is 8.21. The number of ether oxygens (including phenoxy) is 1. The summed E-state index contributed by atoms with van der Waals surface area (Å²) in [7, 11) is 0. The van der Waals surface area contributed by atoms with Crippen LogP contribution < -0.4 is 5.56 Å². The number of halogens is 2. The van der Waals surface area contributed by atoms with Crippen LogP contribution in [0.1, 0.15) is 49.3 Å². The summed E-state index contributed by atoms with van der Waals surface area (Å²) in [6, 6.07) is 12.7. The molecule has 9 heteroatoms. The minimum Gasteiger partial charge on any atom is -0.466 e. The Labute approximate surface area is 206 Å². The van der Waals surface area contributed by atoms with Gasteiger partial charge in [-0.05, 0) is 36.1 Å². The molecular formula is C25H24Cl2N4O3. The van der Waals surface area contributed by atoms with Crippen molar-refractivity contribution in [3.05, 3.63) is 85.5 Å². The molecule has 0 radical (unpaired) electrons. The van der Waals surface area contributed by atoms with Gasteiger partial charge in [0, 0.05) is 6.42 Å². The van der Waals surface area contributed by atoms with Gasteiger partial charge in [0.05, 0.1) is 28.8 Å². The zero-order chi connectivity index (χ0) is 24.4. The molecule has 2 aromatic heterocycles. The van der Waals surface area contributed by atoms with Gasteiger partial charge < -0.3 is 9.72 Å². The molecule has 0 aliphatic carbocycles. The number of H-pyrrole nitrogens is 1. The molecule has 176 valence electrons. The van der Waals surface area contributed by atoms with Crippen LogP contribution in [0.3, 0.4) is 0 Å². The third-order valence-electron chi connectivity index (χ3n) is 5.36. The summed E-state index contributed by atoms with van der Waals surface area (Å²) in [5.41, 5.74) is 3.02. The molecule has 2 heterocycles. The first-order chi connectivity index (χ1) is 16.3. The first-order valence-corrected chi connectivity index (χ1v) is 11.7. The maximum Gasteiger partial charge on any atom is 0.310 e. The van der Waals surface area contributed by atoms with E-state index in [1.54, 1.807) is 29.8 Å². The summed E-state index contributed by atoms with van der Waals surface area (Å²) in [6.45, 7) is 6.06. The first-order valence-electron chi connectivity index (χ1n) is 11.0. The van der Waals surface area contributed by atoms with Crippen LogP contribution in [0, 0.1) is 0 Å². The Morgan fingerprint density at radius 1 is 1.09 bits per heavy atom. The lowest BCUT2D eigenvalue weighted by molar-refractivity contribution is -0.142. The third-order valence-corrected chi connectivity index (χ3v) is 5.97. The van der Waals surface area contributed by atoms with Gasteiger partial charge in [0.2, 0.25) is 0 Å². The smallest absolute Gasteiger partial charge is 0.310 e. The van der Waals surface area contributed by atoms with Gasteiger partial charge in [-0.15, -0.1) is 0 Å². The number of aromatic amines is 1. The predicted molar refractivity (Wildman–Crippen MR) is 133 cm³/mol. The Morgan fingerprint density at radius 2 is 1.74 bits per heavy atom. The van der Waals surface area contributed by atoms with Crippen molar-refractivity contribution in [1.29, 1.82) is 0 Å². The number of aromatic nitrogens is 4. The van der Waals surface area contributed by atoms with E-state index in [1.807, 2.05) is 38.1 Å². The largest absolute Gasteiger partial charge is 0.466 e. The van der Waals surface area contributed by atoms with E-state index in [-0.39, 0.29) is 23.9 Å². The van der Waals surface area contributed by atoms with E-state index in [1.165, 1.54) is 0 Å². The van der Waals surface area contributed by atoms with E-state index < -0.39 is 0 Å². The Morgan fingerprint density at radius 3 is 2.35 bits per heavy atom. The number of hydrogen-bond acceptors (Lipinski definition) is 5. The fourth-order valence-corrected chi connectivity index (χ4v) is 4.34. The number of nitrogens with one attached hydrogen (secondary N) is 1. The van der Waals surface area contributed by atoms with Crippen molar-refractivity contribution < 1.29 is 9.53 Å². The molecule has 0 saturated heterocycles. The molecule has 4 aromatic rings. The van der Waals surface area contributed by atoms with Crippen LogP contribution >= 0.6 is 23.2 Å². The van der Waals surface area contributed by atoms with Gasteiger partial charge in [-0.1, -0.05) is 67.4 Å². The van der Waals surface area contributed by atoms with E-state index in [4.69, 9.17) is 32.9 Å². The molecule has 2 aromatic carbocycles. The van der Waals surface area contributed by atoms with Crippen LogP contribution in [0.4, 0.5) is 0 Å². The van der Waals surface area contributed by atoms with Crippen LogP contribution in [0.25, 0.3) is 16.7 Å². The molecular weight excluding hydrogens is 475 g/mol. The van der Waals surface area contributed by atoms with Crippen LogP contribution in [-0.4, -0.2) is 32.3 Å². The fraction of sp³-hybridized carbons (Fsp3) is 0.280. The summed E-state index contributed by atoms with van der Waals surface area (Å²) in [6.07, 6.45) is 0.605. The van der Waals surface area contributed by atoms with Gasteiger partial charge >= 0.3 is 5.97 Å². The number of benzene rings is 2. The third kappa shape index (κ3) is 4.86. The molecule has 0 bridgehead atoms. The van der Waals surface area contributed by atoms with Crippen molar-refractivity contribution in [2.75, 3.05) is 6.61 Å². The second kappa shape index (κ2) is 9.99. The number of rotatable bonds is 7. The van der Waals surface area contributed by atoms with Crippen molar-refractivity contribution in [2.24, 2.45) is 0 Å². The summed E-state index contributed by atoms with van der Waals surface area (Å²) in [4.78, 5) is 32.4. The summed E-state index contributed by atoms with van der Waals surface area (Å²) in [5.74, 6) is 0.208. The first kappa shape index (κ1) is 24.0. The molecule has 0 atom stereocenters. The molecule has 0 aliphatic rings. The molecule has 0 spiro atoms. The Kier molecular flexibility index (Phi) is 7.05. The number of carbonyl (C=O) groups is 1. The minimum atomic E-state index is -0.267. The van der Waals surface area contributed by atoms with Crippen LogP contribution in [0.15, 0.2) is 47.3 Å². The van der Waals surface area contributed by atoms with Gasteiger partial charge in [-0.2, -0.15) is 5.10 Å². The predicted octanol–water partition coefficient (Wildman–Crippen LogP) is 5.24. The van der Waals surface area contributed by atoms with E-state index >= 15 is 0 Å². The van der Waals surface area contributed by atoms with E-state index in [0.717, 1.165) is 11.1 Å². The van der Waals surface area contributed by atoms with Crippen molar-refractivity contribution >= 4 is 40.2 Å². The van der Waals surface area contributed by atoms with E-state index in [9.17, 15) is 9.59 Å². The lowest BCUT2D eigenvalue weighted by atomic mass is 10.1. The standard InChI is InChI=1S/C25H24Cl2N4O3/c1-4-34-20(32)13-16-10-8-15(9-11-16)12-19-28-24-21(25(33)29-19)22(14(2)3)30-31(24)23-17(26)6-5-7-18(23)27/h5-11,14H,4,12-13H2,1-3H3,(H,28,29,33). The molecule has 0 amide bonds. The number of fused-ring (bicyclic) bond motifs is 1. The molecule has 0 aliphatic heterocycles. The topological polar surface area (TPSA) is 89.9 Å². The number of esters is 1. The van der Waals surface area contributed by atoms with Crippen molar-refractivity contribution in [1.82, 2.24) is 19.7 Å². The quantitative estimate of drug-likeness (QED) is 0.352. The van der Waals surface area contributed by atoms with Crippen LogP contribution in [0.2, 0.25) is 10.0 Å². The van der Waals surface area contributed by atoms with Gasteiger partial charge in [0.15, 0.2) is 5.65 Å². The highest BCUT2D eigenvalue weighted by Gasteiger charge is 2.22. The van der Waals surface area contributed by atoms with Crippen LogP contribution in [-0.2, 0) is 22.4 Å². The fourth-order valence-electron chi connectivity index (χ4n) is 3.78. The Hall–Kier alpha value is -3.16. The van der Waals surface area contributed by atoms with Crippen molar-refractivity contribution in [2.45, 2.75) is 39.5 Å². The molecule has 4 rings (SSSR count). The molecule has 0 saturated carbocycles. The number of carbonyl (C=O) groups excluding carboxylic acids is 1. The summed E-state index contributed by atoms with van der Waals surface area (Å²) in [5, 5.41) is 5.90. The van der Waals surface area contributed by atoms with Crippen LogP contribution in [0.5, 0.6) is 0 Å². The average molecular weight is 499 g/mol. The Bertz CT molecular complexity index is 1390. The summed E-state index contributed by atoms with van der Waals surface area (Å²) >= 11 is 12.9. The lowest BCUT2D eigenvalue weighted by Crippen LogP contribution is -2.14. The van der Waals surface area contributed by atoms with Gasteiger partial charge in [-0.3, -0.25) is 9.59 Å². The number of para-hydroxylation sites is 1. The maximum atomic E-state index is 13.1. The zero-order valence-corrected chi connectivity index (χ0v) is 20.6. The lowest BCUT2D eigenvalue weighted by Gasteiger charge is -2.08. The van der Waals surface area contributed by atoms with Crippen molar-refractivity contribution in [3.63, 3.8) is 0 Å². The zero-order valence-electron chi connectivity index (χ0n) is 19.1. The highest BCUT2D eigenvalue weighted by molar-refractivity contribution is 6.37. The van der Waals surface area contributed by atoms with Crippen molar-refractivity contribution in [3.8, 4) is 5.69 Å². The molecule has 0 unspecified atom stereocenters. The molecule has 0 fully saturated rings. The second-order valence-corrected chi connectivity index (χ2v) is 9.02. The van der Waals surface area contributed by atoms with Gasteiger partial charge in [0.1, 0.15) is 16.9 Å². The maximum absolute atomic E-state index is 13.1. The highest BCUT2D eigenvalue weighted by atomic mass is 35.5. The number of hydrogen-bond donors (Lipinski definition) is 1. The minimum absolute atomic E-state index is 0.00861. The Balaban J connectivity index is 1.74.